The molecule has 0 bridgehead atoms. The van der Waals surface area contributed by atoms with Crippen LogP contribution in [0, 0.1) is 0 Å². The molecule has 1 atom stereocenters. The molecule has 1 heterocycles. The number of unbranched alkanes of at least 4 members (excludes halogenated alkanes) is 3. The third-order valence-corrected chi connectivity index (χ3v) is 3.02. The van der Waals surface area contributed by atoms with Crippen LogP contribution in [0.15, 0.2) is 18.3 Å². The van der Waals surface area contributed by atoms with Crippen molar-refractivity contribution in [3.05, 3.63) is 29.6 Å². The van der Waals surface area contributed by atoms with Crippen molar-refractivity contribution in [1.82, 2.24) is 10.4 Å². The summed E-state index contributed by atoms with van der Waals surface area (Å²) in [5.74, 6) is 5.43. The van der Waals surface area contributed by atoms with E-state index in [-0.39, 0.29) is 6.04 Å². The van der Waals surface area contributed by atoms with Crippen molar-refractivity contribution in [2.24, 2.45) is 5.84 Å². The molecule has 0 saturated carbocycles. The number of nitrogens with one attached hydrogen (secondary N) is 1. The predicted molar refractivity (Wildman–Crippen MR) is 68.1 cm³/mol. The highest BCUT2D eigenvalue weighted by Crippen LogP contribution is 2.29. The number of hydrogen-bond acceptors (Lipinski definition) is 3. The number of nitrogens with zero attached hydrogens (tertiary/aromatic N) is 1. The minimum Gasteiger partial charge on any atom is -0.271 e. The molecule has 0 saturated heterocycles. The molecular formula is C13H20F3N3. The zero-order valence-electron chi connectivity index (χ0n) is 11.0. The Hall–Kier alpha value is -1.14. The Balaban J connectivity index is 2.61. The number of hydrogen-bond donors (Lipinski definition) is 2. The van der Waals surface area contributed by atoms with Gasteiger partial charge in [-0.1, -0.05) is 32.6 Å². The number of hydrazine groups is 1. The molecule has 1 unspecified atom stereocenters. The summed E-state index contributed by atoms with van der Waals surface area (Å²) in [6.45, 7) is 2.12. The Morgan fingerprint density at radius 3 is 2.47 bits per heavy atom. The maximum absolute atomic E-state index is 12.4. The molecule has 0 aliphatic heterocycles. The molecule has 3 nitrogen and oxygen atoms in total. The molecule has 0 fully saturated rings. The third kappa shape index (κ3) is 5.16. The zero-order valence-corrected chi connectivity index (χ0v) is 11.0. The molecule has 0 aromatic carbocycles. The van der Waals surface area contributed by atoms with Crippen LogP contribution in [0.1, 0.15) is 56.3 Å². The van der Waals surface area contributed by atoms with Crippen LogP contribution in [0.2, 0.25) is 0 Å². The second kappa shape index (κ2) is 7.45. The van der Waals surface area contributed by atoms with Gasteiger partial charge in [0.05, 0.1) is 17.3 Å². The normalized spacial score (nSPS) is 13.5. The zero-order chi connectivity index (χ0) is 14.3. The monoisotopic (exact) mass is 275 g/mol. The first kappa shape index (κ1) is 15.9. The van der Waals surface area contributed by atoms with Gasteiger partial charge in [-0.25, -0.2) is 0 Å². The lowest BCUT2D eigenvalue weighted by molar-refractivity contribution is -0.137. The van der Waals surface area contributed by atoms with Crippen LogP contribution in [0.5, 0.6) is 0 Å². The van der Waals surface area contributed by atoms with E-state index in [1.54, 1.807) is 0 Å². The number of pyridine rings is 1. The topological polar surface area (TPSA) is 50.9 Å². The van der Waals surface area contributed by atoms with Crippen molar-refractivity contribution >= 4 is 0 Å². The van der Waals surface area contributed by atoms with Gasteiger partial charge in [0, 0.05) is 6.20 Å². The van der Waals surface area contributed by atoms with Gasteiger partial charge in [-0.3, -0.25) is 16.3 Å². The van der Waals surface area contributed by atoms with Crippen LogP contribution in [0.25, 0.3) is 0 Å². The number of halogens is 3. The van der Waals surface area contributed by atoms with Crippen LogP contribution < -0.4 is 11.3 Å². The first-order chi connectivity index (χ1) is 8.99. The van der Waals surface area contributed by atoms with Gasteiger partial charge in [0.15, 0.2) is 0 Å². The Labute approximate surface area is 111 Å². The minimum absolute atomic E-state index is 0.195. The molecular weight excluding hydrogens is 255 g/mol. The summed E-state index contributed by atoms with van der Waals surface area (Å²) >= 11 is 0. The molecule has 0 radical (unpaired) electrons. The molecule has 108 valence electrons. The average molecular weight is 275 g/mol. The lowest BCUT2D eigenvalue weighted by Gasteiger charge is -2.16. The van der Waals surface area contributed by atoms with Crippen molar-refractivity contribution in [1.29, 1.82) is 0 Å². The number of aromatic nitrogens is 1. The van der Waals surface area contributed by atoms with E-state index in [2.05, 4.69) is 17.3 Å². The quantitative estimate of drug-likeness (QED) is 0.454. The first-order valence-electron chi connectivity index (χ1n) is 6.48. The smallest absolute Gasteiger partial charge is 0.271 e. The highest BCUT2D eigenvalue weighted by Gasteiger charge is 2.30. The minimum atomic E-state index is -4.35. The number of alkyl halides is 3. The highest BCUT2D eigenvalue weighted by atomic mass is 19.4. The van der Waals surface area contributed by atoms with Crippen LogP contribution in [-0.4, -0.2) is 4.98 Å². The van der Waals surface area contributed by atoms with E-state index in [4.69, 9.17) is 5.84 Å². The van der Waals surface area contributed by atoms with Crippen LogP contribution in [-0.2, 0) is 6.18 Å². The molecule has 0 aliphatic carbocycles. The van der Waals surface area contributed by atoms with Gasteiger partial charge in [-0.2, -0.15) is 13.2 Å². The average Bonchev–Trinajstić information content (AvgIpc) is 2.38. The molecule has 0 amide bonds. The van der Waals surface area contributed by atoms with Gasteiger partial charge < -0.3 is 0 Å². The SMILES string of the molecule is CCCCCCC(NN)c1ccc(C(F)(F)F)cn1. The van der Waals surface area contributed by atoms with E-state index < -0.39 is 11.7 Å². The summed E-state index contributed by atoms with van der Waals surface area (Å²) in [6.07, 6.45) is 1.64. The number of nitrogens with two attached hydrogens (primary N) is 1. The van der Waals surface area contributed by atoms with Gasteiger partial charge in [-0.15, -0.1) is 0 Å². The summed E-state index contributed by atoms with van der Waals surface area (Å²) in [4.78, 5) is 3.85. The maximum atomic E-state index is 12.4. The van der Waals surface area contributed by atoms with E-state index in [1.165, 1.54) is 6.07 Å². The lowest BCUT2D eigenvalue weighted by atomic mass is 10.0. The Morgan fingerprint density at radius 2 is 2.00 bits per heavy atom. The van der Waals surface area contributed by atoms with Crippen LogP contribution in [0.3, 0.4) is 0 Å². The Morgan fingerprint density at radius 1 is 1.26 bits per heavy atom. The van der Waals surface area contributed by atoms with Crippen molar-refractivity contribution < 1.29 is 13.2 Å². The lowest BCUT2D eigenvalue weighted by Crippen LogP contribution is -2.28. The maximum Gasteiger partial charge on any atom is 0.417 e. The van der Waals surface area contributed by atoms with Crippen molar-refractivity contribution in [2.45, 2.75) is 51.2 Å². The van der Waals surface area contributed by atoms with Gasteiger partial charge in [0.25, 0.3) is 0 Å². The first-order valence-corrected chi connectivity index (χ1v) is 6.48. The summed E-state index contributed by atoms with van der Waals surface area (Å²) < 4.78 is 37.2. The molecule has 1 aromatic heterocycles. The van der Waals surface area contributed by atoms with Gasteiger partial charge >= 0.3 is 6.18 Å². The number of rotatable bonds is 7. The van der Waals surface area contributed by atoms with Gasteiger partial charge in [-0.05, 0) is 18.6 Å². The van der Waals surface area contributed by atoms with Crippen LogP contribution in [0.4, 0.5) is 13.2 Å². The Bertz CT molecular complexity index is 362. The van der Waals surface area contributed by atoms with E-state index in [0.29, 0.717) is 5.69 Å². The molecule has 1 rings (SSSR count). The van der Waals surface area contributed by atoms with Crippen molar-refractivity contribution in [3.8, 4) is 0 Å². The molecule has 0 aliphatic rings. The second-order valence-electron chi connectivity index (χ2n) is 4.54. The summed E-state index contributed by atoms with van der Waals surface area (Å²) in [7, 11) is 0. The fraction of sp³-hybridized carbons (Fsp3) is 0.615. The van der Waals surface area contributed by atoms with E-state index in [1.807, 2.05) is 0 Å². The standard InChI is InChI=1S/C13H20F3N3/c1-2-3-4-5-6-12(19-17)11-8-7-10(9-18-11)13(14,15)16/h7-9,12,19H,2-6,17H2,1H3. The third-order valence-electron chi connectivity index (χ3n) is 3.02. The molecule has 3 N–H and O–H groups in total. The summed E-state index contributed by atoms with van der Waals surface area (Å²) in [6, 6.07) is 2.23. The molecule has 19 heavy (non-hydrogen) atoms. The van der Waals surface area contributed by atoms with Crippen molar-refractivity contribution in [3.63, 3.8) is 0 Å². The fourth-order valence-corrected chi connectivity index (χ4v) is 1.87. The van der Waals surface area contributed by atoms with Gasteiger partial charge in [0.1, 0.15) is 0 Å². The molecule has 0 spiro atoms. The molecule has 6 heteroatoms. The highest BCUT2D eigenvalue weighted by molar-refractivity contribution is 5.18. The van der Waals surface area contributed by atoms with Crippen LogP contribution >= 0.6 is 0 Å². The molecule has 1 aromatic rings. The summed E-state index contributed by atoms with van der Waals surface area (Å²) in [5.41, 5.74) is 2.42. The van der Waals surface area contributed by atoms with E-state index in [9.17, 15) is 13.2 Å². The second-order valence-corrected chi connectivity index (χ2v) is 4.54. The Kier molecular flexibility index (Phi) is 6.24. The van der Waals surface area contributed by atoms with E-state index >= 15 is 0 Å². The van der Waals surface area contributed by atoms with E-state index in [0.717, 1.165) is 44.4 Å². The predicted octanol–water partition coefficient (Wildman–Crippen LogP) is 3.58. The largest absolute Gasteiger partial charge is 0.417 e. The van der Waals surface area contributed by atoms with Gasteiger partial charge in [0.2, 0.25) is 0 Å². The fourth-order valence-electron chi connectivity index (χ4n) is 1.87. The summed E-state index contributed by atoms with van der Waals surface area (Å²) in [5, 5.41) is 0. The van der Waals surface area contributed by atoms with Crippen molar-refractivity contribution in [2.75, 3.05) is 0 Å².